The third kappa shape index (κ3) is 4.79. The summed E-state index contributed by atoms with van der Waals surface area (Å²) in [5.74, 6) is -2.58. The molecular weight excluding hydrogens is 340 g/mol. The first kappa shape index (κ1) is 18.4. The summed E-state index contributed by atoms with van der Waals surface area (Å²) in [7, 11) is 0. The largest absolute Gasteiger partial charge is 0.417 e. The van der Waals surface area contributed by atoms with E-state index in [1.165, 1.54) is 24.3 Å². The van der Waals surface area contributed by atoms with Gasteiger partial charge in [0.15, 0.2) is 0 Å². The number of nitrogens with one attached hydrogen (secondary N) is 1. The maximum atomic E-state index is 13.2. The van der Waals surface area contributed by atoms with Gasteiger partial charge in [0, 0.05) is 6.42 Å². The molecule has 0 saturated carbocycles. The Bertz CT molecular complexity index is 790. The zero-order valence-electron chi connectivity index (χ0n) is 12.8. The van der Waals surface area contributed by atoms with Gasteiger partial charge in [0.25, 0.3) is 5.91 Å². The van der Waals surface area contributed by atoms with Gasteiger partial charge in [-0.25, -0.2) is 4.39 Å². The van der Waals surface area contributed by atoms with Crippen molar-refractivity contribution in [1.82, 2.24) is 5.32 Å². The number of hydrogen-bond donors (Lipinski definition) is 2. The molecule has 0 saturated heterocycles. The van der Waals surface area contributed by atoms with Crippen molar-refractivity contribution in [2.45, 2.75) is 18.6 Å². The molecule has 0 heterocycles. The summed E-state index contributed by atoms with van der Waals surface area (Å²) in [6, 6.07) is 8.16. The fourth-order valence-corrected chi connectivity index (χ4v) is 2.29. The molecule has 0 aliphatic heterocycles. The van der Waals surface area contributed by atoms with Gasteiger partial charge in [-0.05, 0) is 29.8 Å². The number of nitrogens with two attached hydrogens (primary N) is 1. The highest BCUT2D eigenvalue weighted by Gasteiger charge is 2.35. The van der Waals surface area contributed by atoms with Crippen LogP contribution in [0.4, 0.5) is 17.6 Å². The van der Waals surface area contributed by atoms with Gasteiger partial charge in [0.2, 0.25) is 5.91 Å². The first-order valence-corrected chi connectivity index (χ1v) is 7.19. The van der Waals surface area contributed by atoms with Gasteiger partial charge in [-0.1, -0.05) is 24.3 Å². The van der Waals surface area contributed by atoms with Crippen LogP contribution in [0.25, 0.3) is 0 Å². The molecule has 2 rings (SSSR count). The van der Waals surface area contributed by atoms with Gasteiger partial charge in [0.05, 0.1) is 11.1 Å². The molecule has 2 amide bonds. The van der Waals surface area contributed by atoms with Crippen molar-refractivity contribution in [3.63, 3.8) is 0 Å². The molecule has 1 atom stereocenters. The van der Waals surface area contributed by atoms with Crippen LogP contribution in [-0.2, 0) is 17.4 Å². The Hall–Kier alpha value is -2.90. The highest BCUT2D eigenvalue weighted by atomic mass is 19.4. The maximum absolute atomic E-state index is 13.2. The lowest BCUT2D eigenvalue weighted by molar-refractivity contribution is -0.137. The smallest absolute Gasteiger partial charge is 0.368 e. The summed E-state index contributed by atoms with van der Waals surface area (Å²) in [5, 5.41) is 2.18. The molecule has 0 aliphatic carbocycles. The third-order valence-corrected chi connectivity index (χ3v) is 3.45. The van der Waals surface area contributed by atoms with E-state index >= 15 is 0 Å². The van der Waals surface area contributed by atoms with Crippen LogP contribution in [0.2, 0.25) is 0 Å². The molecular formula is C17H14F4N2O2. The highest BCUT2D eigenvalue weighted by molar-refractivity contribution is 5.98. The van der Waals surface area contributed by atoms with Gasteiger partial charge < -0.3 is 11.1 Å². The van der Waals surface area contributed by atoms with Crippen LogP contribution in [0.3, 0.4) is 0 Å². The van der Waals surface area contributed by atoms with Crippen molar-refractivity contribution in [3.8, 4) is 0 Å². The molecule has 0 unspecified atom stereocenters. The normalized spacial score (nSPS) is 12.5. The molecule has 0 aliphatic rings. The molecule has 0 fully saturated rings. The minimum absolute atomic E-state index is 0.146. The summed E-state index contributed by atoms with van der Waals surface area (Å²) in [5.41, 5.74) is 3.82. The van der Waals surface area contributed by atoms with Gasteiger partial charge in [0.1, 0.15) is 11.9 Å². The standard InChI is InChI=1S/C17H14F4N2O2/c18-11-5-3-4-10(8-11)9-14(15(22)24)23-16(25)12-6-1-2-7-13(12)17(19,20)21/h1-8,14H,9H2,(H2,22,24)(H,23,25)/t14-/m1/s1. The zero-order valence-corrected chi connectivity index (χ0v) is 12.8. The summed E-state index contributed by atoms with van der Waals surface area (Å²) < 4.78 is 52.1. The van der Waals surface area contributed by atoms with Crippen molar-refractivity contribution >= 4 is 11.8 Å². The minimum Gasteiger partial charge on any atom is -0.368 e. The van der Waals surface area contributed by atoms with E-state index in [0.717, 1.165) is 24.3 Å². The lowest BCUT2D eigenvalue weighted by Gasteiger charge is -2.18. The SMILES string of the molecule is NC(=O)[C@@H](Cc1cccc(F)c1)NC(=O)c1ccccc1C(F)(F)F. The van der Waals surface area contributed by atoms with Gasteiger partial charge in [-0.2, -0.15) is 13.2 Å². The summed E-state index contributed by atoms with van der Waals surface area (Å²) >= 11 is 0. The highest BCUT2D eigenvalue weighted by Crippen LogP contribution is 2.31. The van der Waals surface area contributed by atoms with Crippen LogP contribution in [0.5, 0.6) is 0 Å². The van der Waals surface area contributed by atoms with Crippen molar-refractivity contribution in [3.05, 3.63) is 71.0 Å². The summed E-state index contributed by atoms with van der Waals surface area (Å²) in [6.07, 6.45) is -4.87. The van der Waals surface area contributed by atoms with E-state index in [-0.39, 0.29) is 6.42 Å². The molecule has 4 nitrogen and oxygen atoms in total. The Morgan fingerprint density at radius 1 is 1.08 bits per heavy atom. The summed E-state index contributed by atoms with van der Waals surface area (Å²) in [6.45, 7) is 0. The predicted molar refractivity (Wildman–Crippen MR) is 82.0 cm³/mol. The predicted octanol–water partition coefficient (Wildman–Crippen LogP) is 2.67. The molecule has 0 spiro atoms. The number of rotatable bonds is 5. The van der Waals surface area contributed by atoms with E-state index in [4.69, 9.17) is 5.73 Å². The molecule has 8 heteroatoms. The lowest BCUT2D eigenvalue weighted by Crippen LogP contribution is -2.46. The van der Waals surface area contributed by atoms with E-state index in [1.807, 2.05) is 0 Å². The molecule has 2 aromatic carbocycles. The molecule has 2 aromatic rings. The van der Waals surface area contributed by atoms with Gasteiger partial charge in [-0.15, -0.1) is 0 Å². The Labute approximate surface area is 140 Å². The third-order valence-electron chi connectivity index (χ3n) is 3.45. The lowest BCUT2D eigenvalue weighted by atomic mass is 10.0. The number of alkyl halides is 3. The first-order valence-electron chi connectivity index (χ1n) is 7.19. The van der Waals surface area contributed by atoms with Crippen LogP contribution in [0.15, 0.2) is 48.5 Å². The Balaban J connectivity index is 2.23. The van der Waals surface area contributed by atoms with Crippen LogP contribution >= 0.6 is 0 Å². The zero-order chi connectivity index (χ0) is 18.6. The molecule has 132 valence electrons. The summed E-state index contributed by atoms with van der Waals surface area (Å²) in [4.78, 5) is 23.7. The molecule has 0 bridgehead atoms. The molecule has 0 aromatic heterocycles. The molecule has 3 N–H and O–H groups in total. The van der Waals surface area contributed by atoms with Crippen LogP contribution in [-0.4, -0.2) is 17.9 Å². The van der Waals surface area contributed by atoms with Crippen molar-refractivity contribution in [2.24, 2.45) is 5.73 Å². The van der Waals surface area contributed by atoms with Crippen LogP contribution in [0, 0.1) is 5.82 Å². The number of hydrogen-bond acceptors (Lipinski definition) is 2. The quantitative estimate of drug-likeness (QED) is 0.811. The monoisotopic (exact) mass is 354 g/mol. The number of primary amides is 1. The number of benzene rings is 2. The average Bonchev–Trinajstić information content (AvgIpc) is 2.53. The Kier molecular flexibility index (Phi) is 5.41. The van der Waals surface area contributed by atoms with E-state index < -0.39 is 41.0 Å². The van der Waals surface area contributed by atoms with Crippen LogP contribution in [0.1, 0.15) is 21.5 Å². The van der Waals surface area contributed by atoms with Crippen LogP contribution < -0.4 is 11.1 Å². The number of carbonyl (C=O) groups excluding carboxylic acids is 2. The second-order valence-electron chi connectivity index (χ2n) is 5.31. The van der Waals surface area contributed by atoms with Crippen molar-refractivity contribution in [2.75, 3.05) is 0 Å². The van der Waals surface area contributed by atoms with E-state index in [9.17, 15) is 27.2 Å². The van der Waals surface area contributed by atoms with Gasteiger partial charge in [-0.3, -0.25) is 9.59 Å². The minimum atomic E-state index is -4.72. The first-order chi connectivity index (χ1) is 11.7. The van der Waals surface area contributed by atoms with E-state index in [0.29, 0.717) is 5.56 Å². The maximum Gasteiger partial charge on any atom is 0.417 e. The van der Waals surface area contributed by atoms with E-state index in [1.54, 1.807) is 0 Å². The second kappa shape index (κ2) is 7.33. The topological polar surface area (TPSA) is 72.2 Å². The Morgan fingerprint density at radius 2 is 1.76 bits per heavy atom. The van der Waals surface area contributed by atoms with Crippen molar-refractivity contribution < 1.29 is 27.2 Å². The fourth-order valence-electron chi connectivity index (χ4n) is 2.29. The fraction of sp³-hybridized carbons (Fsp3) is 0.176. The molecule has 0 radical (unpaired) electrons. The van der Waals surface area contributed by atoms with Crippen molar-refractivity contribution in [1.29, 1.82) is 0 Å². The molecule has 25 heavy (non-hydrogen) atoms. The number of carbonyl (C=O) groups is 2. The Morgan fingerprint density at radius 3 is 2.36 bits per heavy atom. The average molecular weight is 354 g/mol. The number of amides is 2. The van der Waals surface area contributed by atoms with E-state index in [2.05, 4.69) is 5.32 Å². The second-order valence-corrected chi connectivity index (χ2v) is 5.31. The van der Waals surface area contributed by atoms with Gasteiger partial charge >= 0.3 is 6.18 Å². The number of halogens is 4.